The highest BCUT2D eigenvalue weighted by Gasteiger charge is 2.09. The summed E-state index contributed by atoms with van der Waals surface area (Å²) in [6.45, 7) is 0.0612. The molecule has 0 saturated heterocycles. The number of anilines is 1. The second-order valence-electron chi connectivity index (χ2n) is 5.26. The zero-order valence-corrected chi connectivity index (χ0v) is 13.0. The normalized spacial score (nSPS) is 10.6. The van der Waals surface area contributed by atoms with Gasteiger partial charge in [0, 0.05) is 11.9 Å². The van der Waals surface area contributed by atoms with Crippen LogP contribution in [0.15, 0.2) is 54.7 Å². The Hall–Kier alpha value is -3.15. The summed E-state index contributed by atoms with van der Waals surface area (Å²) in [5.41, 5.74) is 1.63. The van der Waals surface area contributed by atoms with Gasteiger partial charge < -0.3 is 14.6 Å². The van der Waals surface area contributed by atoms with E-state index in [1.807, 2.05) is 6.07 Å². The standard InChI is InChI=1S/C18H15FN2O3/c1-24-18(23)13-3-6-15(7-4-13)20-17(22)11-21-9-8-12-2-5-14(19)10-16(12)21/h2-10H,11H2,1H3,(H,20,22). The number of rotatable bonds is 4. The van der Waals surface area contributed by atoms with Gasteiger partial charge in [0.2, 0.25) is 5.91 Å². The monoisotopic (exact) mass is 326 g/mol. The number of amides is 1. The van der Waals surface area contributed by atoms with Gasteiger partial charge in [-0.1, -0.05) is 0 Å². The van der Waals surface area contributed by atoms with Crippen molar-refractivity contribution in [1.29, 1.82) is 0 Å². The number of ether oxygens (including phenoxy) is 1. The number of benzene rings is 2. The average molecular weight is 326 g/mol. The van der Waals surface area contributed by atoms with Gasteiger partial charge in [0.05, 0.1) is 18.2 Å². The smallest absolute Gasteiger partial charge is 0.337 e. The summed E-state index contributed by atoms with van der Waals surface area (Å²) in [6, 6.07) is 12.7. The molecule has 0 aliphatic carbocycles. The Kier molecular flexibility index (Phi) is 4.29. The van der Waals surface area contributed by atoms with Crippen molar-refractivity contribution in [2.75, 3.05) is 12.4 Å². The molecular formula is C18H15FN2O3. The van der Waals surface area contributed by atoms with Gasteiger partial charge in [-0.15, -0.1) is 0 Å². The van der Waals surface area contributed by atoms with Crippen molar-refractivity contribution in [2.24, 2.45) is 0 Å². The molecule has 0 radical (unpaired) electrons. The Balaban J connectivity index is 1.71. The summed E-state index contributed by atoms with van der Waals surface area (Å²) >= 11 is 0. The first-order valence-electron chi connectivity index (χ1n) is 7.29. The molecule has 5 nitrogen and oxygen atoms in total. The first kappa shape index (κ1) is 15.7. The molecule has 3 rings (SSSR count). The number of hydrogen-bond donors (Lipinski definition) is 1. The lowest BCUT2D eigenvalue weighted by Crippen LogP contribution is -2.18. The van der Waals surface area contributed by atoms with Crippen molar-refractivity contribution in [1.82, 2.24) is 4.57 Å². The van der Waals surface area contributed by atoms with Crippen molar-refractivity contribution in [3.05, 3.63) is 66.1 Å². The van der Waals surface area contributed by atoms with Crippen molar-refractivity contribution >= 4 is 28.5 Å². The zero-order chi connectivity index (χ0) is 17.1. The molecule has 0 bridgehead atoms. The Morgan fingerprint density at radius 3 is 2.58 bits per heavy atom. The summed E-state index contributed by atoms with van der Waals surface area (Å²) in [5, 5.41) is 3.61. The van der Waals surface area contributed by atoms with Crippen molar-refractivity contribution < 1.29 is 18.7 Å². The third kappa shape index (κ3) is 3.27. The summed E-state index contributed by atoms with van der Waals surface area (Å²) in [7, 11) is 1.31. The lowest BCUT2D eigenvalue weighted by Gasteiger charge is -2.08. The second kappa shape index (κ2) is 6.54. The number of carbonyl (C=O) groups is 2. The number of methoxy groups -OCH3 is 1. The molecule has 2 aromatic carbocycles. The molecule has 0 saturated carbocycles. The second-order valence-corrected chi connectivity index (χ2v) is 5.26. The van der Waals surface area contributed by atoms with Gasteiger partial charge in [-0.25, -0.2) is 9.18 Å². The van der Waals surface area contributed by atoms with Gasteiger partial charge in [0.15, 0.2) is 0 Å². The van der Waals surface area contributed by atoms with Crippen LogP contribution in [-0.2, 0) is 16.1 Å². The molecule has 0 fully saturated rings. The molecule has 1 amide bonds. The molecule has 122 valence electrons. The van der Waals surface area contributed by atoms with Crippen LogP contribution in [0.1, 0.15) is 10.4 Å². The third-order valence-electron chi connectivity index (χ3n) is 3.64. The van der Waals surface area contributed by atoms with E-state index < -0.39 is 5.97 Å². The Morgan fingerprint density at radius 2 is 1.88 bits per heavy atom. The maximum absolute atomic E-state index is 13.4. The van der Waals surface area contributed by atoms with E-state index >= 15 is 0 Å². The van der Waals surface area contributed by atoms with Crippen LogP contribution < -0.4 is 5.32 Å². The van der Waals surface area contributed by atoms with E-state index in [2.05, 4.69) is 10.1 Å². The summed E-state index contributed by atoms with van der Waals surface area (Å²) in [6.07, 6.45) is 1.74. The van der Waals surface area contributed by atoms with Crippen LogP contribution in [0.4, 0.5) is 10.1 Å². The SMILES string of the molecule is COC(=O)c1ccc(NC(=O)Cn2ccc3ccc(F)cc32)cc1. The number of aromatic nitrogens is 1. The fourth-order valence-electron chi connectivity index (χ4n) is 2.46. The molecule has 0 aliphatic rings. The van der Waals surface area contributed by atoms with Crippen molar-refractivity contribution in [3.8, 4) is 0 Å². The molecular weight excluding hydrogens is 311 g/mol. The van der Waals surface area contributed by atoms with Crippen LogP contribution in [0.3, 0.4) is 0 Å². The van der Waals surface area contributed by atoms with E-state index in [4.69, 9.17) is 0 Å². The fraction of sp³-hybridized carbons (Fsp3) is 0.111. The largest absolute Gasteiger partial charge is 0.465 e. The minimum atomic E-state index is -0.436. The Bertz CT molecular complexity index is 900. The van der Waals surface area contributed by atoms with Crippen LogP contribution in [0.2, 0.25) is 0 Å². The fourth-order valence-corrected chi connectivity index (χ4v) is 2.46. The highest BCUT2D eigenvalue weighted by Crippen LogP contribution is 2.17. The lowest BCUT2D eigenvalue weighted by molar-refractivity contribution is -0.116. The number of carbonyl (C=O) groups excluding carboxylic acids is 2. The highest BCUT2D eigenvalue weighted by molar-refractivity contribution is 5.93. The van der Waals surface area contributed by atoms with Crippen LogP contribution in [0.5, 0.6) is 0 Å². The molecule has 24 heavy (non-hydrogen) atoms. The molecule has 0 aliphatic heterocycles. The number of halogens is 1. The van der Waals surface area contributed by atoms with E-state index in [-0.39, 0.29) is 18.3 Å². The number of hydrogen-bond acceptors (Lipinski definition) is 3. The number of esters is 1. The highest BCUT2D eigenvalue weighted by atomic mass is 19.1. The van der Waals surface area contributed by atoms with Gasteiger partial charge in [-0.2, -0.15) is 0 Å². The van der Waals surface area contributed by atoms with E-state index in [1.165, 1.54) is 19.2 Å². The number of nitrogens with one attached hydrogen (secondary N) is 1. The predicted molar refractivity (Wildman–Crippen MR) is 88.3 cm³/mol. The summed E-state index contributed by atoms with van der Waals surface area (Å²) < 4.78 is 19.7. The van der Waals surface area contributed by atoms with Gasteiger partial charge in [0.1, 0.15) is 12.4 Å². The molecule has 3 aromatic rings. The molecule has 1 aromatic heterocycles. The van der Waals surface area contributed by atoms with E-state index in [0.29, 0.717) is 16.8 Å². The minimum absolute atomic E-state index is 0.0612. The van der Waals surface area contributed by atoms with Gasteiger partial charge in [-0.05, 0) is 53.9 Å². The summed E-state index contributed by atoms with van der Waals surface area (Å²) in [5.74, 6) is -1.03. The molecule has 1 N–H and O–H groups in total. The van der Waals surface area contributed by atoms with Crippen LogP contribution in [0, 0.1) is 5.82 Å². The topological polar surface area (TPSA) is 60.3 Å². The van der Waals surface area contributed by atoms with Gasteiger partial charge in [0.25, 0.3) is 0 Å². The minimum Gasteiger partial charge on any atom is -0.465 e. The Labute approximate surface area is 137 Å². The van der Waals surface area contributed by atoms with Crippen LogP contribution >= 0.6 is 0 Å². The lowest BCUT2D eigenvalue weighted by atomic mass is 10.2. The van der Waals surface area contributed by atoms with E-state index in [9.17, 15) is 14.0 Å². The van der Waals surface area contributed by atoms with Gasteiger partial charge >= 0.3 is 5.97 Å². The first-order chi connectivity index (χ1) is 11.6. The van der Waals surface area contributed by atoms with Gasteiger partial charge in [-0.3, -0.25) is 4.79 Å². The molecule has 1 heterocycles. The quantitative estimate of drug-likeness (QED) is 0.749. The van der Waals surface area contributed by atoms with Crippen molar-refractivity contribution in [2.45, 2.75) is 6.54 Å². The van der Waals surface area contributed by atoms with Crippen LogP contribution in [0.25, 0.3) is 10.9 Å². The number of fused-ring (bicyclic) bond motifs is 1. The first-order valence-corrected chi connectivity index (χ1v) is 7.29. The number of nitrogens with zero attached hydrogens (tertiary/aromatic N) is 1. The maximum Gasteiger partial charge on any atom is 0.337 e. The zero-order valence-electron chi connectivity index (χ0n) is 13.0. The summed E-state index contributed by atoms with van der Waals surface area (Å²) in [4.78, 5) is 23.5. The van der Waals surface area contributed by atoms with E-state index in [1.54, 1.807) is 41.1 Å². The molecule has 0 unspecified atom stereocenters. The molecule has 0 atom stereocenters. The third-order valence-corrected chi connectivity index (χ3v) is 3.64. The molecule has 0 spiro atoms. The van der Waals surface area contributed by atoms with E-state index in [0.717, 1.165) is 5.39 Å². The van der Waals surface area contributed by atoms with Crippen molar-refractivity contribution in [3.63, 3.8) is 0 Å². The predicted octanol–water partition coefficient (Wildman–Crippen LogP) is 3.21. The maximum atomic E-state index is 13.4. The molecule has 6 heteroatoms. The average Bonchev–Trinajstić information content (AvgIpc) is 2.97. The van der Waals surface area contributed by atoms with Crippen LogP contribution in [-0.4, -0.2) is 23.6 Å². The Morgan fingerprint density at radius 1 is 1.12 bits per heavy atom.